The lowest BCUT2D eigenvalue weighted by Gasteiger charge is -2.03. The molecule has 0 spiro atoms. The Bertz CT molecular complexity index is 811. The number of H-pyrrole nitrogens is 1. The van der Waals surface area contributed by atoms with Crippen molar-refractivity contribution in [1.29, 1.82) is 0 Å². The first-order chi connectivity index (χ1) is 10.6. The van der Waals surface area contributed by atoms with Crippen molar-refractivity contribution >= 4 is 28.5 Å². The van der Waals surface area contributed by atoms with Gasteiger partial charge in [0.25, 0.3) is 5.91 Å². The highest BCUT2D eigenvalue weighted by atomic mass is 35.5. The van der Waals surface area contributed by atoms with Crippen molar-refractivity contribution in [2.75, 3.05) is 6.54 Å². The van der Waals surface area contributed by atoms with Crippen LogP contribution in [0.25, 0.3) is 11.0 Å². The second-order valence-electron chi connectivity index (χ2n) is 4.81. The van der Waals surface area contributed by atoms with Crippen LogP contribution in [0.1, 0.15) is 28.5 Å². The van der Waals surface area contributed by atoms with Gasteiger partial charge in [-0.1, -0.05) is 16.8 Å². The average Bonchev–Trinajstić information content (AvgIpc) is 3.10. The molecule has 0 fully saturated rings. The Hall–Kier alpha value is -2.41. The lowest BCUT2D eigenvalue weighted by molar-refractivity contribution is 0.0954. The zero-order valence-corrected chi connectivity index (χ0v) is 12.6. The summed E-state index contributed by atoms with van der Waals surface area (Å²) in [4.78, 5) is 23.4. The first-order valence-corrected chi connectivity index (χ1v) is 7.22. The Morgan fingerprint density at radius 2 is 2.36 bits per heavy atom. The van der Waals surface area contributed by atoms with Crippen LogP contribution in [0.3, 0.4) is 0 Å². The molecule has 0 aliphatic rings. The maximum atomic E-state index is 12.2. The third kappa shape index (κ3) is 2.94. The van der Waals surface area contributed by atoms with Gasteiger partial charge < -0.3 is 14.8 Å². The number of nitrogens with one attached hydrogen (secondary N) is 2. The predicted molar refractivity (Wildman–Crippen MR) is 80.8 cm³/mol. The van der Waals surface area contributed by atoms with Crippen molar-refractivity contribution in [2.45, 2.75) is 19.8 Å². The van der Waals surface area contributed by atoms with E-state index in [0.717, 1.165) is 0 Å². The van der Waals surface area contributed by atoms with Crippen LogP contribution in [0.2, 0.25) is 5.02 Å². The molecule has 1 amide bonds. The number of aromatic nitrogens is 4. The van der Waals surface area contributed by atoms with E-state index in [1.807, 2.05) is 0 Å². The molecular weight excluding hydrogens is 306 g/mol. The average molecular weight is 320 g/mol. The minimum Gasteiger partial charge on any atom is -0.352 e. The summed E-state index contributed by atoms with van der Waals surface area (Å²) < 4.78 is 5.01. The van der Waals surface area contributed by atoms with Crippen molar-refractivity contribution in [3.05, 3.63) is 40.8 Å². The summed E-state index contributed by atoms with van der Waals surface area (Å²) in [6, 6.07) is 1.66. The molecule has 0 bridgehead atoms. The fraction of sp³-hybridized carbons (Fsp3) is 0.286. The second-order valence-corrected chi connectivity index (χ2v) is 5.22. The summed E-state index contributed by atoms with van der Waals surface area (Å²) in [5.74, 6) is 0.994. The van der Waals surface area contributed by atoms with Gasteiger partial charge in [0.1, 0.15) is 5.65 Å². The molecule has 0 unspecified atom stereocenters. The molecule has 114 valence electrons. The summed E-state index contributed by atoms with van der Waals surface area (Å²) in [6.07, 6.45) is 4.54. The summed E-state index contributed by atoms with van der Waals surface area (Å²) in [7, 11) is 0. The van der Waals surface area contributed by atoms with Crippen LogP contribution < -0.4 is 5.32 Å². The van der Waals surface area contributed by atoms with Crippen LogP contribution in [0.15, 0.2) is 23.0 Å². The minimum absolute atomic E-state index is 0.192. The van der Waals surface area contributed by atoms with E-state index < -0.39 is 0 Å². The van der Waals surface area contributed by atoms with Crippen LogP contribution >= 0.6 is 11.6 Å². The molecule has 7 nitrogen and oxygen atoms in total. The molecule has 8 heteroatoms. The highest BCUT2D eigenvalue weighted by Gasteiger charge is 2.14. The van der Waals surface area contributed by atoms with Crippen LogP contribution in [0.4, 0.5) is 0 Å². The maximum absolute atomic E-state index is 12.2. The van der Waals surface area contributed by atoms with E-state index in [0.29, 0.717) is 52.7 Å². The van der Waals surface area contributed by atoms with Gasteiger partial charge in [-0.15, -0.1) is 0 Å². The molecule has 0 saturated heterocycles. The van der Waals surface area contributed by atoms with Gasteiger partial charge in [0.05, 0.1) is 16.0 Å². The molecule has 0 aliphatic carbocycles. The van der Waals surface area contributed by atoms with Gasteiger partial charge in [-0.25, -0.2) is 4.98 Å². The molecule has 3 heterocycles. The number of nitrogens with zero attached hydrogens (tertiary/aromatic N) is 3. The molecular formula is C14H14ClN5O2. The van der Waals surface area contributed by atoms with E-state index in [9.17, 15) is 4.79 Å². The van der Waals surface area contributed by atoms with Crippen LogP contribution in [-0.2, 0) is 6.42 Å². The lowest BCUT2D eigenvalue weighted by Crippen LogP contribution is -2.24. The lowest BCUT2D eigenvalue weighted by atomic mass is 10.2. The van der Waals surface area contributed by atoms with E-state index in [4.69, 9.17) is 16.1 Å². The highest BCUT2D eigenvalue weighted by molar-refractivity contribution is 6.36. The number of hydrogen-bond acceptors (Lipinski definition) is 5. The number of carbonyl (C=O) groups is 1. The topological polar surface area (TPSA) is 96.7 Å². The first-order valence-electron chi connectivity index (χ1n) is 6.84. The number of aryl methyl sites for hydroxylation is 2. The van der Waals surface area contributed by atoms with E-state index >= 15 is 0 Å². The Morgan fingerprint density at radius 3 is 3.14 bits per heavy atom. The number of halogens is 1. The normalized spacial score (nSPS) is 11.0. The van der Waals surface area contributed by atoms with Crippen molar-refractivity contribution < 1.29 is 9.32 Å². The summed E-state index contributed by atoms with van der Waals surface area (Å²) in [5, 5.41) is 7.69. The van der Waals surface area contributed by atoms with Gasteiger partial charge in [-0.3, -0.25) is 4.79 Å². The van der Waals surface area contributed by atoms with Gasteiger partial charge >= 0.3 is 0 Å². The fourth-order valence-electron chi connectivity index (χ4n) is 2.17. The second kappa shape index (κ2) is 6.15. The number of pyridine rings is 1. The molecule has 2 N–H and O–H groups in total. The Balaban J connectivity index is 1.59. The van der Waals surface area contributed by atoms with Gasteiger partial charge in [0, 0.05) is 25.4 Å². The Morgan fingerprint density at radius 1 is 1.50 bits per heavy atom. The maximum Gasteiger partial charge on any atom is 0.253 e. The van der Waals surface area contributed by atoms with Crippen LogP contribution in [-0.4, -0.2) is 32.6 Å². The van der Waals surface area contributed by atoms with E-state index in [1.165, 1.54) is 0 Å². The predicted octanol–water partition coefficient (Wildman–Crippen LogP) is 2.27. The Kier molecular flexibility index (Phi) is 4.06. The van der Waals surface area contributed by atoms with Crippen molar-refractivity contribution in [3.63, 3.8) is 0 Å². The number of carbonyl (C=O) groups excluding carboxylic acids is 1. The number of amides is 1. The molecule has 3 aromatic heterocycles. The van der Waals surface area contributed by atoms with E-state index in [-0.39, 0.29) is 5.91 Å². The van der Waals surface area contributed by atoms with E-state index in [1.54, 1.807) is 25.4 Å². The number of rotatable bonds is 5. The zero-order valence-electron chi connectivity index (χ0n) is 11.9. The largest absolute Gasteiger partial charge is 0.352 e. The number of aromatic amines is 1. The van der Waals surface area contributed by atoms with Crippen LogP contribution in [0.5, 0.6) is 0 Å². The fourth-order valence-corrected chi connectivity index (χ4v) is 2.42. The Labute approximate surface area is 131 Å². The van der Waals surface area contributed by atoms with E-state index in [2.05, 4.69) is 25.4 Å². The van der Waals surface area contributed by atoms with Gasteiger partial charge in [-0.2, -0.15) is 4.98 Å². The summed E-state index contributed by atoms with van der Waals surface area (Å²) >= 11 is 6.12. The molecule has 22 heavy (non-hydrogen) atoms. The molecule has 3 rings (SSSR count). The first kappa shape index (κ1) is 14.5. The zero-order chi connectivity index (χ0) is 15.5. The SMILES string of the molecule is Cc1noc(CCCNC(=O)c2c[nH]c3nccc(Cl)c23)n1. The van der Waals surface area contributed by atoms with Crippen molar-refractivity contribution in [1.82, 2.24) is 25.4 Å². The van der Waals surface area contributed by atoms with Gasteiger partial charge in [0.2, 0.25) is 5.89 Å². The highest BCUT2D eigenvalue weighted by Crippen LogP contribution is 2.24. The quantitative estimate of drug-likeness (QED) is 0.703. The van der Waals surface area contributed by atoms with Crippen molar-refractivity contribution in [2.24, 2.45) is 0 Å². The standard InChI is InChI=1S/C14H14ClN5O2/c1-8-19-11(22-20-8)3-2-5-17-14(21)9-7-18-13-12(9)10(15)4-6-16-13/h4,6-7H,2-3,5H2,1H3,(H,16,18)(H,17,21). The third-order valence-electron chi connectivity index (χ3n) is 3.19. The molecule has 0 aliphatic heterocycles. The van der Waals surface area contributed by atoms with Gasteiger partial charge in [-0.05, 0) is 19.4 Å². The molecule has 0 aromatic carbocycles. The molecule has 0 atom stereocenters. The summed E-state index contributed by atoms with van der Waals surface area (Å²) in [5.41, 5.74) is 1.08. The van der Waals surface area contributed by atoms with Crippen molar-refractivity contribution in [3.8, 4) is 0 Å². The monoisotopic (exact) mass is 319 g/mol. The molecule has 0 saturated carbocycles. The molecule has 0 radical (unpaired) electrons. The number of fused-ring (bicyclic) bond motifs is 1. The number of hydrogen-bond donors (Lipinski definition) is 2. The smallest absolute Gasteiger partial charge is 0.253 e. The minimum atomic E-state index is -0.192. The van der Waals surface area contributed by atoms with Gasteiger partial charge in [0.15, 0.2) is 5.82 Å². The van der Waals surface area contributed by atoms with Crippen LogP contribution in [0, 0.1) is 6.92 Å². The molecule has 3 aromatic rings. The summed E-state index contributed by atoms with van der Waals surface area (Å²) in [6.45, 7) is 2.27. The third-order valence-corrected chi connectivity index (χ3v) is 3.50.